The van der Waals surface area contributed by atoms with Crippen molar-refractivity contribution in [1.82, 2.24) is 14.5 Å². The molecule has 5 heteroatoms. The van der Waals surface area contributed by atoms with E-state index in [2.05, 4.69) is 34.7 Å². The van der Waals surface area contributed by atoms with Crippen LogP contribution in [-0.2, 0) is 17.7 Å². The van der Waals surface area contributed by atoms with E-state index in [0.717, 1.165) is 34.3 Å². The summed E-state index contributed by atoms with van der Waals surface area (Å²) in [6, 6.07) is 10.3. The Morgan fingerprint density at radius 1 is 1.26 bits per heavy atom. The molecule has 0 atom stereocenters. The topological polar surface area (TPSA) is 59.9 Å². The van der Waals surface area contributed by atoms with E-state index < -0.39 is 0 Å². The Bertz CT molecular complexity index is 1280. The first kappa shape index (κ1) is 15.9. The van der Waals surface area contributed by atoms with Gasteiger partial charge in [0.15, 0.2) is 0 Å². The predicted molar refractivity (Wildman–Crippen MR) is 108 cm³/mol. The largest absolute Gasteiger partial charge is 0.494 e. The number of aromatic amines is 1. The number of benzene rings is 1. The summed E-state index contributed by atoms with van der Waals surface area (Å²) in [5.74, 6) is 0.535. The third-order valence-corrected chi connectivity index (χ3v) is 5.31. The van der Waals surface area contributed by atoms with E-state index in [9.17, 15) is 4.79 Å². The highest BCUT2D eigenvalue weighted by atomic mass is 16.5. The zero-order valence-electron chi connectivity index (χ0n) is 15.1. The van der Waals surface area contributed by atoms with Crippen LogP contribution in [0.2, 0.25) is 0 Å². The number of pyridine rings is 2. The van der Waals surface area contributed by atoms with Crippen molar-refractivity contribution in [3.63, 3.8) is 0 Å². The van der Waals surface area contributed by atoms with Crippen LogP contribution in [-0.4, -0.2) is 21.1 Å². The number of para-hydroxylation sites is 1. The van der Waals surface area contributed by atoms with Crippen molar-refractivity contribution in [2.24, 2.45) is 0 Å². The fourth-order valence-electron chi connectivity index (χ4n) is 4.07. The minimum absolute atomic E-state index is 0.0227. The summed E-state index contributed by atoms with van der Waals surface area (Å²) in [6.07, 6.45) is 4.18. The maximum atomic E-state index is 13.2. The van der Waals surface area contributed by atoms with Gasteiger partial charge in [0.1, 0.15) is 5.76 Å². The van der Waals surface area contributed by atoms with Crippen molar-refractivity contribution >= 4 is 27.4 Å². The number of nitrogens with zero attached hydrogens (tertiary/aromatic N) is 2. The van der Waals surface area contributed by atoms with Crippen molar-refractivity contribution in [2.75, 3.05) is 6.61 Å². The quantitative estimate of drug-likeness (QED) is 0.561. The lowest BCUT2D eigenvalue weighted by atomic mass is 9.99. The predicted octanol–water partition coefficient (Wildman–Crippen LogP) is 4.11. The summed E-state index contributed by atoms with van der Waals surface area (Å²) < 4.78 is 7.43. The van der Waals surface area contributed by atoms with E-state index in [1.54, 1.807) is 12.4 Å². The number of fused-ring (bicyclic) bond motifs is 6. The van der Waals surface area contributed by atoms with E-state index in [-0.39, 0.29) is 5.56 Å². The normalized spacial score (nSPS) is 12.8. The van der Waals surface area contributed by atoms with Crippen molar-refractivity contribution in [1.29, 1.82) is 0 Å². The van der Waals surface area contributed by atoms with Crippen molar-refractivity contribution in [3.05, 3.63) is 70.8 Å². The second kappa shape index (κ2) is 5.84. The van der Waals surface area contributed by atoms with Crippen LogP contribution >= 0.6 is 0 Å². The molecule has 0 amide bonds. The second-order valence-corrected chi connectivity index (χ2v) is 6.76. The van der Waals surface area contributed by atoms with Crippen LogP contribution < -0.4 is 5.56 Å². The molecular formula is C22H19N3O2. The molecule has 4 heterocycles. The van der Waals surface area contributed by atoms with Gasteiger partial charge in [-0.3, -0.25) is 9.78 Å². The zero-order valence-corrected chi connectivity index (χ0v) is 15.1. The summed E-state index contributed by atoms with van der Waals surface area (Å²) in [4.78, 5) is 20.9. The molecule has 1 aromatic carbocycles. The van der Waals surface area contributed by atoms with Crippen LogP contribution in [0.25, 0.3) is 38.8 Å². The molecule has 1 aliphatic rings. The van der Waals surface area contributed by atoms with Gasteiger partial charge in [-0.25, -0.2) is 0 Å². The summed E-state index contributed by atoms with van der Waals surface area (Å²) in [7, 11) is 0. The van der Waals surface area contributed by atoms with Crippen molar-refractivity contribution < 1.29 is 4.74 Å². The highest BCUT2D eigenvalue weighted by Gasteiger charge is 2.23. The van der Waals surface area contributed by atoms with E-state index in [4.69, 9.17) is 4.74 Å². The maximum Gasteiger partial charge on any atom is 0.260 e. The van der Waals surface area contributed by atoms with Crippen molar-refractivity contribution in [2.45, 2.75) is 19.9 Å². The molecular weight excluding hydrogens is 338 g/mol. The number of rotatable bonds is 3. The molecule has 0 spiro atoms. The minimum Gasteiger partial charge on any atom is -0.494 e. The zero-order chi connectivity index (χ0) is 18.5. The molecule has 1 N–H and O–H groups in total. The van der Waals surface area contributed by atoms with Crippen LogP contribution in [0.1, 0.15) is 18.1 Å². The van der Waals surface area contributed by atoms with Crippen LogP contribution in [0.4, 0.5) is 0 Å². The van der Waals surface area contributed by atoms with Gasteiger partial charge >= 0.3 is 0 Å². The molecule has 0 radical (unpaired) electrons. The SMILES string of the molecule is C=C(OCC)c1cncc2c(=O)n3c(cc12)-c1[nH]c2ccccc2c1CC3. The minimum atomic E-state index is -0.0227. The first-order chi connectivity index (χ1) is 13.2. The molecule has 4 aromatic rings. The maximum absolute atomic E-state index is 13.2. The van der Waals surface area contributed by atoms with Gasteiger partial charge in [-0.15, -0.1) is 0 Å². The Morgan fingerprint density at radius 2 is 2.11 bits per heavy atom. The lowest BCUT2D eigenvalue weighted by Gasteiger charge is -2.20. The van der Waals surface area contributed by atoms with Gasteiger partial charge in [0, 0.05) is 40.8 Å². The fraction of sp³-hybridized carbons (Fsp3) is 0.182. The summed E-state index contributed by atoms with van der Waals surface area (Å²) in [5.41, 5.74) is 5.03. The van der Waals surface area contributed by atoms with Crippen LogP contribution in [0, 0.1) is 0 Å². The molecule has 0 aliphatic carbocycles. The molecule has 0 unspecified atom stereocenters. The Hall–Kier alpha value is -3.34. The number of hydrogen-bond donors (Lipinski definition) is 1. The van der Waals surface area contributed by atoms with Gasteiger partial charge in [-0.2, -0.15) is 0 Å². The molecule has 5 rings (SSSR count). The molecule has 5 nitrogen and oxygen atoms in total. The Kier molecular flexibility index (Phi) is 3.44. The van der Waals surface area contributed by atoms with Crippen LogP contribution in [0.5, 0.6) is 0 Å². The summed E-state index contributed by atoms with van der Waals surface area (Å²) >= 11 is 0. The Labute approximate surface area is 155 Å². The molecule has 0 saturated heterocycles. The number of hydrogen-bond acceptors (Lipinski definition) is 3. The van der Waals surface area contributed by atoms with Crippen LogP contribution in [0.3, 0.4) is 0 Å². The summed E-state index contributed by atoms with van der Waals surface area (Å²) in [5, 5.41) is 2.64. The standard InChI is InChI=1S/C22H19N3O2/c1-3-27-13(2)17-11-23-12-18-16(17)10-20-21-15(8-9-25(20)22(18)26)14-6-4-5-7-19(14)24-21/h4-7,10-12,24H,2-3,8-9H2,1H3. The van der Waals surface area contributed by atoms with Crippen molar-refractivity contribution in [3.8, 4) is 11.4 Å². The first-order valence-electron chi connectivity index (χ1n) is 9.12. The lowest BCUT2D eigenvalue weighted by molar-refractivity contribution is 0.299. The number of nitrogens with one attached hydrogen (secondary N) is 1. The summed E-state index contributed by atoms with van der Waals surface area (Å²) in [6.45, 7) is 7.10. The number of aromatic nitrogens is 3. The van der Waals surface area contributed by atoms with E-state index in [1.165, 1.54) is 10.9 Å². The highest BCUT2D eigenvalue weighted by molar-refractivity contribution is 5.96. The molecule has 0 fully saturated rings. The Morgan fingerprint density at radius 3 is 2.96 bits per heavy atom. The molecule has 27 heavy (non-hydrogen) atoms. The van der Waals surface area contributed by atoms with Gasteiger partial charge in [-0.1, -0.05) is 24.8 Å². The molecule has 1 aliphatic heterocycles. The second-order valence-electron chi connectivity index (χ2n) is 6.76. The smallest absolute Gasteiger partial charge is 0.260 e. The van der Waals surface area contributed by atoms with Gasteiger partial charge in [0.05, 0.1) is 23.4 Å². The molecule has 0 saturated carbocycles. The van der Waals surface area contributed by atoms with E-state index >= 15 is 0 Å². The molecule has 134 valence electrons. The third kappa shape index (κ3) is 2.24. The van der Waals surface area contributed by atoms with Crippen LogP contribution in [0.15, 0.2) is 54.1 Å². The molecule has 0 bridgehead atoms. The van der Waals surface area contributed by atoms with Gasteiger partial charge in [0.2, 0.25) is 0 Å². The van der Waals surface area contributed by atoms with E-state index in [0.29, 0.717) is 24.3 Å². The van der Waals surface area contributed by atoms with Gasteiger partial charge in [-0.05, 0) is 31.0 Å². The number of H-pyrrole nitrogens is 1. The average molecular weight is 357 g/mol. The number of aryl methyl sites for hydroxylation is 1. The van der Waals surface area contributed by atoms with Gasteiger partial charge in [0.25, 0.3) is 5.56 Å². The third-order valence-electron chi connectivity index (χ3n) is 5.31. The highest BCUT2D eigenvalue weighted by Crippen LogP contribution is 2.35. The average Bonchev–Trinajstić information content (AvgIpc) is 3.07. The number of ether oxygens (including phenoxy) is 1. The van der Waals surface area contributed by atoms with Gasteiger partial charge < -0.3 is 14.3 Å². The fourth-order valence-corrected chi connectivity index (χ4v) is 4.07. The Balaban J connectivity index is 1.84. The monoisotopic (exact) mass is 357 g/mol. The first-order valence-corrected chi connectivity index (χ1v) is 9.12. The van der Waals surface area contributed by atoms with E-state index in [1.807, 2.05) is 23.6 Å². The molecule has 3 aromatic heterocycles. The lowest BCUT2D eigenvalue weighted by Crippen LogP contribution is -2.26.